The van der Waals surface area contributed by atoms with Crippen LogP contribution in [0.5, 0.6) is 0 Å². The first-order chi connectivity index (χ1) is 16.4. The Bertz CT molecular complexity index is 1370. The predicted molar refractivity (Wildman–Crippen MR) is 130 cm³/mol. The van der Waals surface area contributed by atoms with Gasteiger partial charge in [0, 0.05) is 22.2 Å². The van der Waals surface area contributed by atoms with Crippen LogP contribution in [0.3, 0.4) is 0 Å². The van der Waals surface area contributed by atoms with E-state index in [1.165, 1.54) is 35.0 Å². The molecule has 2 amide bonds. The molecule has 1 N–H and O–H groups in total. The van der Waals surface area contributed by atoms with Gasteiger partial charge in [0.2, 0.25) is 5.91 Å². The van der Waals surface area contributed by atoms with Gasteiger partial charge in [-0.15, -0.1) is 0 Å². The maximum Gasteiger partial charge on any atom is 0.253 e. The highest BCUT2D eigenvalue weighted by Crippen LogP contribution is 2.39. The number of carbonyl (C=O) groups excluding carboxylic acids is 2. The van der Waals surface area contributed by atoms with Crippen molar-refractivity contribution in [2.45, 2.75) is 30.3 Å². The Morgan fingerprint density at radius 2 is 2.06 bits per heavy atom. The third-order valence-electron chi connectivity index (χ3n) is 5.57. The van der Waals surface area contributed by atoms with E-state index in [2.05, 4.69) is 10.3 Å². The third-order valence-corrected chi connectivity index (χ3v) is 7.01. The van der Waals surface area contributed by atoms with E-state index in [4.69, 9.17) is 16.0 Å². The van der Waals surface area contributed by atoms with Gasteiger partial charge >= 0.3 is 0 Å². The normalized spacial score (nSPS) is 15.4. The maximum atomic E-state index is 14.4. The predicted octanol–water partition coefficient (Wildman–Crippen LogP) is 5.58. The summed E-state index contributed by atoms with van der Waals surface area (Å²) in [4.78, 5) is 31.7. The number of carbonyl (C=O) groups is 2. The average molecular weight is 496 g/mol. The van der Waals surface area contributed by atoms with Crippen molar-refractivity contribution in [3.05, 3.63) is 88.5 Å². The first-order valence-electron chi connectivity index (χ1n) is 10.6. The minimum atomic E-state index is -0.500. The molecular weight excluding hydrogens is 477 g/mol. The molecule has 4 aromatic rings. The molecule has 1 atom stereocenters. The third kappa shape index (κ3) is 4.26. The molecule has 0 saturated heterocycles. The number of amides is 2. The number of benzene rings is 2. The number of halogens is 2. The highest BCUT2D eigenvalue weighted by atomic mass is 35.5. The number of aromatic nitrogens is 1. The number of para-hydroxylation sites is 1. The molecule has 0 saturated carbocycles. The van der Waals surface area contributed by atoms with E-state index in [1.807, 2.05) is 30.3 Å². The van der Waals surface area contributed by atoms with Gasteiger partial charge in [-0.25, -0.2) is 9.37 Å². The number of thioether (sulfide) groups is 1. The zero-order valence-electron chi connectivity index (χ0n) is 18.0. The van der Waals surface area contributed by atoms with E-state index < -0.39 is 11.1 Å². The number of hydrogen-bond acceptors (Lipinski definition) is 5. The largest absolute Gasteiger partial charge is 0.459 e. The lowest BCUT2D eigenvalue weighted by Crippen LogP contribution is -2.40. The molecule has 3 heterocycles. The number of anilines is 1. The van der Waals surface area contributed by atoms with Crippen LogP contribution in [0, 0.1) is 5.82 Å². The number of pyridine rings is 1. The van der Waals surface area contributed by atoms with Crippen LogP contribution in [0.15, 0.2) is 70.2 Å². The summed E-state index contributed by atoms with van der Waals surface area (Å²) in [7, 11) is 0. The fourth-order valence-corrected chi connectivity index (χ4v) is 4.99. The molecule has 1 unspecified atom stereocenters. The summed E-state index contributed by atoms with van der Waals surface area (Å²) < 4.78 is 20.2. The SMILES string of the molecule is CC1Sc2ncc(C(=O)NCc3cc4ccccc4o3)cc2N(Cc2c(F)cccc2Cl)C1=O. The minimum absolute atomic E-state index is 0.0615. The van der Waals surface area contributed by atoms with Crippen LogP contribution in [0.25, 0.3) is 11.0 Å². The topological polar surface area (TPSA) is 75.4 Å². The Morgan fingerprint density at radius 1 is 1.24 bits per heavy atom. The Hall–Kier alpha value is -3.36. The number of nitrogens with one attached hydrogen (secondary N) is 1. The molecule has 2 aromatic carbocycles. The molecule has 9 heteroatoms. The van der Waals surface area contributed by atoms with Crippen LogP contribution in [-0.2, 0) is 17.9 Å². The lowest BCUT2D eigenvalue weighted by molar-refractivity contribution is -0.118. The van der Waals surface area contributed by atoms with Gasteiger partial charge in [0.25, 0.3) is 5.91 Å². The second-order valence-corrected chi connectivity index (χ2v) is 9.60. The summed E-state index contributed by atoms with van der Waals surface area (Å²) in [5, 5.41) is 4.19. The summed E-state index contributed by atoms with van der Waals surface area (Å²) in [6.45, 7) is 1.90. The van der Waals surface area contributed by atoms with Crippen LogP contribution in [-0.4, -0.2) is 22.0 Å². The van der Waals surface area contributed by atoms with Crippen molar-refractivity contribution in [1.29, 1.82) is 0 Å². The molecule has 0 fully saturated rings. The number of rotatable bonds is 5. The van der Waals surface area contributed by atoms with E-state index in [1.54, 1.807) is 19.1 Å². The zero-order chi connectivity index (χ0) is 23.8. The number of fused-ring (bicyclic) bond motifs is 2. The molecule has 2 aromatic heterocycles. The van der Waals surface area contributed by atoms with E-state index in [9.17, 15) is 14.0 Å². The van der Waals surface area contributed by atoms with E-state index >= 15 is 0 Å². The van der Waals surface area contributed by atoms with Gasteiger partial charge in [-0.1, -0.05) is 47.6 Å². The molecule has 1 aliphatic heterocycles. The van der Waals surface area contributed by atoms with Crippen LogP contribution >= 0.6 is 23.4 Å². The van der Waals surface area contributed by atoms with Crippen molar-refractivity contribution in [3.63, 3.8) is 0 Å². The molecule has 1 aliphatic rings. The highest BCUT2D eigenvalue weighted by Gasteiger charge is 2.33. The summed E-state index contributed by atoms with van der Waals surface area (Å²) in [6, 6.07) is 15.5. The maximum absolute atomic E-state index is 14.4. The molecule has 5 rings (SSSR count). The van der Waals surface area contributed by atoms with Crippen molar-refractivity contribution >= 4 is 51.8 Å². The van der Waals surface area contributed by atoms with Crippen molar-refractivity contribution in [2.75, 3.05) is 4.90 Å². The number of nitrogens with zero attached hydrogens (tertiary/aromatic N) is 2. The molecule has 0 radical (unpaired) electrons. The van der Waals surface area contributed by atoms with E-state index in [0.29, 0.717) is 16.5 Å². The van der Waals surface area contributed by atoms with Crippen molar-refractivity contribution < 1.29 is 18.4 Å². The van der Waals surface area contributed by atoms with Crippen molar-refractivity contribution in [2.24, 2.45) is 0 Å². The Kier molecular flexibility index (Phi) is 6.02. The van der Waals surface area contributed by atoms with Gasteiger partial charge in [-0.2, -0.15) is 0 Å². The molecule has 0 spiro atoms. The van der Waals surface area contributed by atoms with Gasteiger partial charge in [0.05, 0.1) is 29.6 Å². The van der Waals surface area contributed by atoms with Crippen molar-refractivity contribution in [3.8, 4) is 0 Å². The standard InChI is InChI=1S/C25H19ClFN3O3S/c1-14-25(32)30(13-18-19(26)6-4-7-20(18)27)21-10-16(11-29-24(21)34-14)23(31)28-12-17-9-15-5-2-3-8-22(15)33-17/h2-11,14H,12-13H2,1H3,(H,28,31). The molecule has 0 aliphatic carbocycles. The summed E-state index contributed by atoms with van der Waals surface area (Å²) in [6.07, 6.45) is 1.47. The Balaban J connectivity index is 1.40. The quantitative estimate of drug-likeness (QED) is 0.391. The first-order valence-corrected chi connectivity index (χ1v) is 11.8. The van der Waals surface area contributed by atoms with Gasteiger partial charge in [0.15, 0.2) is 0 Å². The molecule has 6 nitrogen and oxygen atoms in total. The molecular formula is C25H19ClFN3O3S. The van der Waals surface area contributed by atoms with Crippen LogP contribution in [0.1, 0.15) is 28.6 Å². The summed E-state index contributed by atoms with van der Waals surface area (Å²) in [5.41, 5.74) is 1.68. The summed E-state index contributed by atoms with van der Waals surface area (Å²) in [5.74, 6) is -0.453. The van der Waals surface area contributed by atoms with E-state index in [0.717, 1.165) is 11.0 Å². The van der Waals surface area contributed by atoms with E-state index in [-0.39, 0.29) is 41.1 Å². The Labute approximate surface area is 204 Å². The van der Waals surface area contributed by atoms with Gasteiger partial charge in [0.1, 0.15) is 22.2 Å². The lowest BCUT2D eigenvalue weighted by atomic mass is 10.1. The monoisotopic (exact) mass is 495 g/mol. The Morgan fingerprint density at radius 3 is 2.85 bits per heavy atom. The average Bonchev–Trinajstić information content (AvgIpc) is 3.25. The second kappa shape index (κ2) is 9.12. The minimum Gasteiger partial charge on any atom is -0.459 e. The fraction of sp³-hybridized carbons (Fsp3) is 0.160. The molecule has 34 heavy (non-hydrogen) atoms. The molecule has 0 bridgehead atoms. The smallest absolute Gasteiger partial charge is 0.253 e. The second-order valence-electron chi connectivity index (χ2n) is 7.87. The fourth-order valence-electron chi connectivity index (χ4n) is 3.80. The van der Waals surface area contributed by atoms with Crippen molar-refractivity contribution in [1.82, 2.24) is 10.3 Å². The van der Waals surface area contributed by atoms with Gasteiger partial charge in [-0.3, -0.25) is 9.59 Å². The molecule has 172 valence electrons. The van der Waals surface area contributed by atoms with Crippen LogP contribution < -0.4 is 10.2 Å². The highest BCUT2D eigenvalue weighted by molar-refractivity contribution is 8.00. The van der Waals surface area contributed by atoms with Gasteiger partial charge < -0.3 is 14.6 Å². The lowest BCUT2D eigenvalue weighted by Gasteiger charge is -2.32. The number of furan rings is 1. The number of hydrogen-bond donors (Lipinski definition) is 1. The van der Waals surface area contributed by atoms with Crippen LogP contribution in [0.2, 0.25) is 5.02 Å². The summed E-state index contributed by atoms with van der Waals surface area (Å²) >= 11 is 7.50. The van der Waals surface area contributed by atoms with Gasteiger partial charge in [-0.05, 0) is 37.3 Å². The zero-order valence-corrected chi connectivity index (χ0v) is 19.6. The first kappa shape index (κ1) is 22.4. The van der Waals surface area contributed by atoms with Crippen LogP contribution in [0.4, 0.5) is 10.1 Å².